The molecule has 3 aromatic rings. The number of amides is 2. The maximum atomic E-state index is 14.8. The third-order valence-corrected chi connectivity index (χ3v) is 6.02. The molecule has 2 aromatic carbocycles. The summed E-state index contributed by atoms with van der Waals surface area (Å²) >= 11 is 0. The molecule has 0 spiro atoms. The molecule has 0 fully saturated rings. The quantitative estimate of drug-likeness (QED) is 0.397. The Bertz CT molecular complexity index is 1320. The van der Waals surface area contributed by atoms with Crippen LogP contribution in [0.25, 0.3) is 0 Å². The van der Waals surface area contributed by atoms with E-state index >= 15 is 0 Å². The number of hydrogen-bond donors (Lipinski definition) is 3. The number of fused-ring (bicyclic) bond motifs is 1. The number of ether oxygens (including phenoxy) is 2. The zero-order valence-electron chi connectivity index (χ0n) is 21.3. The minimum Gasteiger partial charge on any atom is -0.487 e. The molecule has 1 aromatic heterocycles. The van der Waals surface area contributed by atoms with Crippen LogP contribution in [0.4, 0.5) is 10.2 Å². The van der Waals surface area contributed by atoms with E-state index in [9.17, 15) is 19.1 Å². The number of aliphatic hydroxyl groups excluding tert-OH is 1. The van der Waals surface area contributed by atoms with Crippen molar-refractivity contribution in [2.24, 2.45) is 7.05 Å². The van der Waals surface area contributed by atoms with Gasteiger partial charge in [0.1, 0.15) is 28.7 Å². The van der Waals surface area contributed by atoms with Crippen LogP contribution < -0.4 is 20.1 Å². The fraction of sp³-hybridized carbons (Fsp3) is 0.370. The Morgan fingerprint density at radius 1 is 1.24 bits per heavy atom. The maximum absolute atomic E-state index is 14.8. The highest BCUT2D eigenvalue weighted by Crippen LogP contribution is 2.43. The first-order valence-corrected chi connectivity index (χ1v) is 12.1. The molecule has 9 nitrogen and oxygen atoms in total. The SMILES string of the molecule is CC[C@@H](O)CCNC(=O)c1ccc(Oc2cc(C(=O)Nc3ccn(C)n3)cc3c2CC(C)(C)O3)cc1F. The van der Waals surface area contributed by atoms with Gasteiger partial charge in [-0.1, -0.05) is 6.92 Å². The molecule has 37 heavy (non-hydrogen) atoms. The minimum absolute atomic E-state index is 0.128. The number of halogens is 1. The zero-order chi connectivity index (χ0) is 26.7. The average Bonchev–Trinajstić information content (AvgIpc) is 3.39. The summed E-state index contributed by atoms with van der Waals surface area (Å²) in [6, 6.07) is 8.87. The van der Waals surface area contributed by atoms with Gasteiger partial charge in [0.05, 0.1) is 11.7 Å². The largest absolute Gasteiger partial charge is 0.487 e. The summed E-state index contributed by atoms with van der Waals surface area (Å²) in [5.41, 5.74) is 0.421. The van der Waals surface area contributed by atoms with Gasteiger partial charge < -0.3 is 25.2 Å². The first kappa shape index (κ1) is 26.2. The van der Waals surface area contributed by atoms with Crippen molar-refractivity contribution in [3.05, 3.63) is 65.1 Å². The van der Waals surface area contributed by atoms with Crippen molar-refractivity contribution in [2.75, 3.05) is 11.9 Å². The van der Waals surface area contributed by atoms with Gasteiger partial charge in [0, 0.05) is 49.5 Å². The van der Waals surface area contributed by atoms with Crippen LogP contribution in [0.2, 0.25) is 0 Å². The molecule has 0 radical (unpaired) electrons. The highest BCUT2D eigenvalue weighted by atomic mass is 19.1. The van der Waals surface area contributed by atoms with Gasteiger partial charge in [-0.15, -0.1) is 0 Å². The molecule has 4 rings (SSSR count). The van der Waals surface area contributed by atoms with Gasteiger partial charge in [0.25, 0.3) is 11.8 Å². The number of benzene rings is 2. The van der Waals surface area contributed by atoms with E-state index in [2.05, 4.69) is 15.7 Å². The number of anilines is 1. The Kier molecular flexibility index (Phi) is 7.49. The first-order valence-electron chi connectivity index (χ1n) is 12.1. The minimum atomic E-state index is -0.747. The zero-order valence-corrected chi connectivity index (χ0v) is 21.3. The third-order valence-electron chi connectivity index (χ3n) is 6.02. The molecule has 2 amide bonds. The van der Waals surface area contributed by atoms with E-state index in [0.29, 0.717) is 42.1 Å². The summed E-state index contributed by atoms with van der Waals surface area (Å²) < 4.78 is 28.4. The Morgan fingerprint density at radius 2 is 2.03 bits per heavy atom. The van der Waals surface area contributed by atoms with E-state index < -0.39 is 29.3 Å². The van der Waals surface area contributed by atoms with Gasteiger partial charge in [-0.25, -0.2) is 4.39 Å². The highest BCUT2D eigenvalue weighted by molar-refractivity contribution is 6.04. The molecule has 0 unspecified atom stereocenters. The van der Waals surface area contributed by atoms with Gasteiger partial charge in [-0.3, -0.25) is 14.3 Å². The molecule has 2 heterocycles. The predicted molar refractivity (Wildman–Crippen MR) is 136 cm³/mol. The van der Waals surface area contributed by atoms with Gasteiger partial charge in [-0.2, -0.15) is 5.10 Å². The van der Waals surface area contributed by atoms with Crippen molar-refractivity contribution in [1.29, 1.82) is 0 Å². The van der Waals surface area contributed by atoms with Crippen molar-refractivity contribution in [2.45, 2.75) is 51.7 Å². The molecule has 1 atom stereocenters. The van der Waals surface area contributed by atoms with Crippen LogP contribution >= 0.6 is 0 Å². The van der Waals surface area contributed by atoms with Gasteiger partial charge >= 0.3 is 0 Å². The number of nitrogens with zero attached hydrogens (tertiary/aromatic N) is 2. The molecule has 1 aliphatic rings. The Morgan fingerprint density at radius 3 is 2.70 bits per heavy atom. The summed E-state index contributed by atoms with van der Waals surface area (Å²) in [7, 11) is 1.75. The van der Waals surface area contributed by atoms with E-state index in [1.165, 1.54) is 12.1 Å². The molecule has 3 N–H and O–H groups in total. The fourth-order valence-corrected chi connectivity index (χ4v) is 4.06. The van der Waals surface area contributed by atoms with Crippen LogP contribution in [0.1, 0.15) is 59.9 Å². The lowest BCUT2D eigenvalue weighted by Crippen LogP contribution is -2.27. The topological polar surface area (TPSA) is 115 Å². The molecular formula is C27H31FN4O5. The van der Waals surface area contributed by atoms with Crippen LogP contribution in [0.5, 0.6) is 17.2 Å². The lowest BCUT2D eigenvalue weighted by molar-refractivity contribution is 0.0937. The summed E-state index contributed by atoms with van der Waals surface area (Å²) in [6.45, 7) is 5.94. The van der Waals surface area contributed by atoms with Crippen molar-refractivity contribution >= 4 is 17.6 Å². The van der Waals surface area contributed by atoms with Crippen molar-refractivity contribution in [3.63, 3.8) is 0 Å². The Hall–Kier alpha value is -3.92. The molecule has 0 saturated heterocycles. The summed E-state index contributed by atoms with van der Waals surface area (Å²) in [5.74, 6) is -0.272. The summed E-state index contributed by atoms with van der Waals surface area (Å²) in [6.07, 6.45) is 2.70. The molecule has 1 aliphatic heterocycles. The first-order chi connectivity index (χ1) is 17.5. The van der Waals surface area contributed by atoms with Crippen LogP contribution in [-0.2, 0) is 13.5 Å². The van der Waals surface area contributed by atoms with Gasteiger partial charge in [0.15, 0.2) is 5.82 Å². The number of carbonyl (C=O) groups excluding carboxylic acids is 2. The number of aryl methyl sites for hydroxylation is 1. The van der Waals surface area contributed by atoms with E-state index in [-0.39, 0.29) is 17.9 Å². The van der Waals surface area contributed by atoms with Crippen molar-refractivity contribution in [3.8, 4) is 17.2 Å². The molecule has 0 aliphatic carbocycles. The second-order valence-corrected chi connectivity index (χ2v) is 9.67. The molecular weight excluding hydrogens is 479 g/mol. The predicted octanol–water partition coefficient (Wildman–Crippen LogP) is 4.21. The van der Waals surface area contributed by atoms with Crippen molar-refractivity contribution in [1.82, 2.24) is 15.1 Å². The average molecular weight is 511 g/mol. The van der Waals surface area contributed by atoms with Gasteiger partial charge in [0.2, 0.25) is 0 Å². The van der Waals surface area contributed by atoms with E-state index in [1.54, 1.807) is 36.1 Å². The smallest absolute Gasteiger partial charge is 0.257 e. The van der Waals surface area contributed by atoms with Crippen LogP contribution in [0.15, 0.2) is 42.6 Å². The lowest BCUT2D eigenvalue weighted by atomic mass is 9.99. The van der Waals surface area contributed by atoms with E-state index in [4.69, 9.17) is 9.47 Å². The summed E-state index contributed by atoms with van der Waals surface area (Å²) in [5, 5.41) is 19.1. The standard InChI is InChI=1S/C27H31FN4O5/c1-5-17(33)8-10-29-26(35)19-7-6-18(14-21(19)28)36-22-12-16(13-23-20(22)15-27(2,3)37-23)25(34)30-24-9-11-32(4)31-24/h6-7,9,11-14,17,33H,5,8,10,15H2,1-4H3,(H,29,35)(H,30,31,34)/t17-/m1/s1. The number of hydrogen-bond acceptors (Lipinski definition) is 6. The molecule has 0 bridgehead atoms. The second kappa shape index (κ2) is 10.6. The third kappa shape index (κ3) is 6.26. The number of aliphatic hydroxyl groups is 1. The highest BCUT2D eigenvalue weighted by Gasteiger charge is 2.34. The number of rotatable bonds is 9. The van der Waals surface area contributed by atoms with E-state index in [0.717, 1.165) is 11.6 Å². The number of nitrogens with one attached hydrogen (secondary N) is 2. The van der Waals surface area contributed by atoms with Crippen LogP contribution in [0, 0.1) is 5.82 Å². The lowest BCUT2D eigenvalue weighted by Gasteiger charge is -2.16. The normalized spacial score (nSPS) is 14.4. The van der Waals surface area contributed by atoms with Crippen LogP contribution in [0.3, 0.4) is 0 Å². The fourth-order valence-electron chi connectivity index (χ4n) is 4.06. The number of aromatic nitrogens is 2. The number of carbonyl (C=O) groups is 2. The Balaban J connectivity index is 1.55. The molecule has 196 valence electrons. The van der Waals surface area contributed by atoms with Crippen molar-refractivity contribution < 1.29 is 28.6 Å². The monoisotopic (exact) mass is 510 g/mol. The Labute approximate surface area is 214 Å². The maximum Gasteiger partial charge on any atom is 0.257 e. The second-order valence-electron chi connectivity index (χ2n) is 9.67. The van der Waals surface area contributed by atoms with E-state index in [1.807, 2.05) is 20.8 Å². The molecule has 10 heteroatoms. The van der Waals surface area contributed by atoms with Gasteiger partial charge in [-0.05, 0) is 51.0 Å². The summed E-state index contributed by atoms with van der Waals surface area (Å²) in [4.78, 5) is 25.3. The molecule has 0 saturated carbocycles. The van der Waals surface area contributed by atoms with Crippen LogP contribution in [-0.4, -0.2) is 45.0 Å².